The van der Waals surface area contributed by atoms with Crippen LogP contribution in [0.4, 0.5) is 0 Å². The van der Waals surface area contributed by atoms with E-state index in [9.17, 15) is 9.59 Å². The minimum absolute atomic E-state index is 0.00954. The summed E-state index contributed by atoms with van der Waals surface area (Å²) in [5.41, 5.74) is 1.34. The van der Waals surface area contributed by atoms with Crippen LogP contribution in [0.2, 0.25) is 0 Å². The standard InChI is InChI=1S/C24H33N3O3/c1-15-7-6-10-18(16(15)2)25-23(29)24(3)14-26-19-11-12-30-21(19)13-20(26)22(28)27(24)17-8-4-5-9-17/h11-13,15-18H,4-10,14H2,1-3H3,(H,25,29)/t15-,16-,18+,24+/m1/s1. The summed E-state index contributed by atoms with van der Waals surface area (Å²) in [5.74, 6) is 1.01. The molecule has 2 aliphatic carbocycles. The Bertz CT molecular complexity index is 970. The first-order valence-corrected chi connectivity index (χ1v) is 11.6. The molecule has 0 saturated heterocycles. The summed E-state index contributed by atoms with van der Waals surface area (Å²) in [5, 5.41) is 3.38. The second kappa shape index (κ2) is 7.17. The molecule has 0 unspecified atom stereocenters. The van der Waals surface area contributed by atoms with Crippen LogP contribution in [0.25, 0.3) is 11.1 Å². The average molecular weight is 412 g/mol. The molecule has 6 nitrogen and oxygen atoms in total. The van der Waals surface area contributed by atoms with Crippen molar-refractivity contribution in [3.63, 3.8) is 0 Å². The molecule has 6 heteroatoms. The van der Waals surface area contributed by atoms with E-state index in [4.69, 9.17) is 4.42 Å². The Labute approximate surface area is 178 Å². The molecular weight excluding hydrogens is 378 g/mol. The topological polar surface area (TPSA) is 67.5 Å². The van der Waals surface area contributed by atoms with Gasteiger partial charge in [-0.3, -0.25) is 9.59 Å². The van der Waals surface area contributed by atoms with Crippen LogP contribution < -0.4 is 5.32 Å². The predicted octanol–water partition coefficient (Wildman–Crippen LogP) is 4.33. The van der Waals surface area contributed by atoms with Crippen LogP contribution in [-0.2, 0) is 11.3 Å². The van der Waals surface area contributed by atoms with Crippen molar-refractivity contribution >= 4 is 22.9 Å². The van der Waals surface area contributed by atoms with E-state index in [1.165, 1.54) is 6.42 Å². The molecule has 0 aromatic carbocycles. The Hall–Kier alpha value is -2.24. The van der Waals surface area contributed by atoms with E-state index < -0.39 is 5.54 Å². The van der Waals surface area contributed by atoms with Gasteiger partial charge in [-0.15, -0.1) is 0 Å². The smallest absolute Gasteiger partial charge is 0.271 e. The first-order chi connectivity index (χ1) is 14.4. The van der Waals surface area contributed by atoms with E-state index >= 15 is 0 Å². The molecule has 2 aromatic heterocycles. The van der Waals surface area contributed by atoms with Gasteiger partial charge in [0.1, 0.15) is 11.2 Å². The van der Waals surface area contributed by atoms with Crippen molar-refractivity contribution in [2.24, 2.45) is 11.8 Å². The maximum absolute atomic E-state index is 13.8. The number of carbonyl (C=O) groups is 2. The number of furan rings is 1. The highest BCUT2D eigenvalue weighted by Crippen LogP contribution is 2.38. The number of rotatable bonds is 3. The molecule has 30 heavy (non-hydrogen) atoms. The number of hydrogen-bond acceptors (Lipinski definition) is 3. The highest BCUT2D eigenvalue weighted by molar-refractivity contribution is 6.03. The Morgan fingerprint density at radius 3 is 2.70 bits per heavy atom. The minimum Gasteiger partial charge on any atom is -0.463 e. The zero-order valence-corrected chi connectivity index (χ0v) is 18.3. The minimum atomic E-state index is -0.900. The highest BCUT2D eigenvalue weighted by atomic mass is 16.3. The molecule has 2 fully saturated rings. The lowest BCUT2D eigenvalue weighted by Gasteiger charge is -2.48. The zero-order chi connectivity index (χ0) is 21.0. The molecule has 1 aliphatic heterocycles. The average Bonchev–Trinajstić information content (AvgIpc) is 3.44. The van der Waals surface area contributed by atoms with Crippen molar-refractivity contribution in [1.82, 2.24) is 14.8 Å². The predicted molar refractivity (Wildman–Crippen MR) is 115 cm³/mol. The van der Waals surface area contributed by atoms with Crippen LogP contribution in [0.5, 0.6) is 0 Å². The lowest BCUT2D eigenvalue weighted by Crippen LogP contribution is -2.67. The van der Waals surface area contributed by atoms with Crippen LogP contribution in [-0.4, -0.2) is 38.9 Å². The van der Waals surface area contributed by atoms with Crippen LogP contribution in [0.1, 0.15) is 76.2 Å². The summed E-state index contributed by atoms with van der Waals surface area (Å²) >= 11 is 0. The van der Waals surface area contributed by atoms with Crippen LogP contribution in [0, 0.1) is 11.8 Å². The second-order valence-corrected chi connectivity index (χ2v) is 10.0. The molecule has 2 saturated carbocycles. The fourth-order valence-electron chi connectivity index (χ4n) is 6.08. The van der Waals surface area contributed by atoms with Gasteiger partial charge in [-0.1, -0.05) is 39.5 Å². The summed E-state index contributed by atoms with van der Waals surface area (Å²) in [6, 6.07) is 4.03. The fourth-order valence-corrected chi connectivity index (χ4v) is 6.08. The molecule has 0 spiro atoms. The maximum Gasteiger partial charge on any atom is 0.271 e. The van der Waals surface area contributed by atoms with E-state index in [1.54, 1.807) is 6.26 Å². The Balaban J connectivity index is 1.52. The van der Waals surface area contributed by atoms with Crippen molar-refractivity contribution in [2.45, 2.75) is 89.9 Å². The van der Waals surface area contributed by atoms with Gasteiger partial charge in [0.15, 0.2) is 5.58 Å². The first-order valence-electron chi connectivity index (χ1n) is 11.6. The first kappa shape index (κ1) is 19.7. The molecule has 4 atom stereocenters. The Kier molecular flexibility index (Phi) is 4.71. The van der Waals surface area contributed by atoms with Gasteiger partial charge in [-0.05, 0) is 38.0 Å². The SMILES string of the molecule is C[C@@H]1[C@H](C)CCC[C@@H]1NC(=O)[C@]1(C)Cn2c(cc3occc32)C(=O)N1C1CCCC1. The van der Waals surface area contributed by atoms with Gasteiger partial charge in [0.25, 0.3) is 5.91 Å². The molecule has 3 aliphatic rings. The van der Waals surface area contributed by atoms with Gasteiger partial charge >= 0.3 is 0 Å². The third kappa shape index (κ3) is 2.90. The van der Waals surface area contributed by atoms with E-state index in [2.05, 4.69) is 19.2 Å². The monoisotopic (exact) mass is 411 g/mol. The fraction of sp³-hybridized carbons (Fsp3) is 0.667. The molecule has 3 heterocycles. The van der Waals surface area contributed by atoms with Gasteiger partial charge in [-0.2, -0.15) is 0 Å². The van der Waals surface area contributed by atoms with Gasteiger partial charge in [-0.25, -0.2) is 0 Å². The van der Waals surface area contributed by atoms with Gasteiger partial charge in [0.2, 0.25) is 5.91 Å². The third-order valence-electron chi connectivity index (χ3n) is 8.16. The summed E-state index contributed by atoms with van der Waals surface area (Å²) < 4.78 is 7.55. The van der Waals surface area contributed by atoms with Crippen molar-refractivity contribution in [2.75, 3.05) is 0 Å². The molecule has 2 amide bonds. The number of amides is 2. The Morgan fingerprint density at radius 2 is 1.93 bits per heavy atom. The van der Waals surface area contributed by atoms with Gasteiger partial charge < -0.3 is 19.2 Å². The highest BCUT2D eigenvalue weighted by Gasteiger charge is 2.51. The Morgan fingerprint density at radius 1 is 1.17 bits per heavy atom. The van der Waals surface area contributed by atoms with Gasteiger partial charge in [0, 0.05) is 24.2 Å². The molecular formula is C24H33N3O3. The zero-order valence-electron chi connectivity index (χ0n) is 18.3. The van der Waals surface area contributed by atoms with Gasteiger partial charge in [0.05, 0.1) is 18.3 Å². The molecule has 5 rings (SSSR count). The molecule has 2 aromatic rings. The van der Waals surface area contributed by atoms with Crippen molar-refractivity contribution < 1.29 is 14.0 Å². The number of nitrogens with one attached hydrogen (secondary N) is 1. The maximum atomic E-state index is 13.8. The van der Waals surface area contributed by atoms with Crippen molar-refractivity contribution in [3.05, 3.63) is 24.1 Å². The van der Waals surface area contributed by atoms with Crippen LogP contribution in [0.3, 0.4) is 0 Å². The van der Waals surface area contributed by atoms with Crippen molar-refractivity contribution in [3.8, 4) is 0 Å². The van der Waals surface area contributed by atoms with E-state index in [0.717, 1.165) is 44.0 Å². The molecule has 1 N–H and O–H groups in total. The van der Waals surface area contributed by atoms with Crippen LogP contribution >= 0.6 is 0 Å². The van der Waals surface area contributed by atoms with E-state index in [0.29, 0.717) is 29.7 Å². The molecule has 0 radical (unpaired) electrons. The summed E-state index contributed by atoms with van der Waals surface area (Å²) in [4.78, 5) is 29.4. The number of nitrogens with zero attached hydrogens (tertiary/aromatic N) is 2. The number of fused-ring (bicyclic) bond motifs is 3. The van der Waals surface area contributed by atoms with Crippen LogP contribution in [0.15, 0.2) is 22.8 Å². The number of carbonyl (C=O) groups excluding carboxylic acids is 2. The van der Waals surface area contributed by atoms with E-state index in [1.807, 2.05) is 28.5 Å². The number of aromatic nitrogens is 1. The summed E-state index contributed by atoms with van der Waals surface area (Å²) in [6.45, 7) is 6.96. The molecule has 0 bridgehead atoms. The second-order valence-electron chi connectivity index (χ2n) is 10.0. The molecule has 162 valence electrons. The quantitative estimate of drug-likeness (QED) is 0.817. The lowest BCUT2D eigenvalue weighted by atomic mass is 9.77. The summed E-state index contributed by atoms with van der Waals surface area (Å²) in [6.07, 6.45) is 9.22. The normalized spacial score (nSPS) is 32.6. The van der Waals surface area contributed by atoms with E-state index in [-0.39, 0.29) is 23.9 Å². The third-order valence-corrected chi connectivity index (χ3v) is 8.16. The summed E-state index contributed by atoms with van der Waals surface area (Å²) in [7, 11) is 0. The van der Waals surface area contributed by atoms with Crippen molar-refractivity contribution in [1.29, 1.82) is 0 Å². The number of hydrogen-bond donors (Lipinski definition) is 1. The largest absolute Gasteiger partial charge is 0.463 e. The lowest BCUT2D eigenvalue weighted by molar-refractivity contribution is -0.135.